The quantitative estimate of drug-likeness (QED) is 0.773. The highest BCUT2D eigenvalue weighted by Gasteiger charge is 2.14. The molecule has 1 aromatic rings. The van der Waals surface area contributed by atoms with Gasteiger partial charge in [-0.05, 0) is 5.92 Å². The van der Waals surface area contributed by atoms with E-state index in [0.29, 0.717) is 23.5 Å². The van der Waals surface area contributed by atoms with Gasteiger partial charge in [0.15, 0.2) is 0 Å². The van der Waals surface area contributed by atoms with Crippen LogP contribution in [0.25, 0.3) is 0 Å². The zero-order chi connectivity index (χ0) is 12.1. The van der Waals surface area contributed by atoms with Gasteiger partial charge in [0.1, 0.15) is 11.0 Å². The summed E-state index contributed by atoms with van der Waals surface area (Å²) in [7, 11) is 1.67. The number of halogens is 1. The van der Waals surface area contributed by atoms with Crippen LogP contribution in [0.4, 0.5) is 11.8 Å². The summed E-state index contributed by atoms with van der Waals surface area (Å²) in [6, 6.07) is 1.80. The molecule has 0 saturated carbocycles. The van der Waals surface area contributed by atoms with Gasteiger partial charge in [0.2, 0.25) is 5.95 Å². The molecule has 90 valence electrons. The number of methoxy groups -OCH3 is 1. The molecule has 1 heterocycles. The Morgan fingerprint density at radius 3 is 2.69 bits per heavy atom. The maximum atomic E-state index is 5.79. The van der Waals surface area contributed by atoms with Gasteiger partial charge >= 0.3 is 0 Å². The first-order valence-corrected chi connectivity index (χ1v) is 5.46. The molecule has 3 N–H and O–H groups in total. The Kier molecular flexibility index (Phi) is 4.76. The summed E-state index contributed by atoms with van der Waals surface area (Å²) in [5, 5.41) is 3.55. The predicted octanol–water partition coefficient (Wildman–Crippen LogP) is 1.80. The maximum absolute atomic E-state index is 5.79. The van der Waals surface area contributed by atoms with Gasteiger partial charge in [-0.1, -0.05) is 25.4 Å². The van der Waals surface area contributed by atoms with E-state index in [1.165, 1.54) is 0 Å². The number of anilines is 2. The standard InChI is InChI=1S/C10H17ClN4O/c1-6(2)7(5-16-3)13-9-4-8(11)14-10(12)15-9/h4,6-7H,5H2,1-3H3,(H3,12,13,14,15). The zero-order valence-corrected chi connectivity index (χ0v) is 10.5. The number of rotatable bonds is 5. The van der Waals surface area contributed by atoms with E-state index in [9.17, 15) is 0 Å². The lowest BCUT2D eigenvalue weighted by Crippen LogP contribution is -2.30. The summed E-state index contributed by atoms with van der Waals surface area (Å²) < 4.78 is 5.13. The number of hydrogen-bond acceptors (Lipinski definition) is 5. The summed E-state index contributed by atoms with van der Waals surface area (Å²) in [6.07, 6.45) is 0. The van der Waals surface area contributed by atoms with Crippen molar-refractivity contribution in [3.8, 4) is 0 Å². The normalized spacial score (nSPS) is 12.8. The molecule has 1 unspecified atom stereocenters. The van der Waals surface area contributed by atoms with Crippen molar-refractivity contribution in [1.82, 2.24) is 9.97 Å². The van der Waals surface area contributed by atoms with Crippen LogP contribution in [0.1, 0.15) is 13.8 Å². The lowest BCUT2D eigenvalue weighted by atomic mass is 10.1. The van der Waals surface area contributed by atoms with Crippen LogP contribution in [0.2, 0.25) is 5.15 Å². The van der Waals surface area contributed by atoms with Gasteiger partial charge in [0.25, 0.3) is 0 Å². The highest BCUT2D eigenvalue weighted by atomic mass is 35.5. The minimum Gasteiger partial charge on any atom is -0.383 e. The fourth-order valence-corrected chi connectivity index (χ4v) is 1.47. The van der Waals surface area contributed by atoms with E-state index < -0.39 is 0 Å². The first-order valence-electron chi connectivity index (χ1n) is 5.08. The molecule has 1 atom stereocenters. The number of hydrogen-bond donors (Lipinski definition) is 2. The Hall–Kier alpha value is -1.07. The lowest BCUT2D eigenvalue weighted by Gasteiger charge is -2.22. The number of nitrogens with zero attached hydrogens (tertiary/aromatic N) is 2. The van der Waals surface area contributed by atoms with Crippen molar-refractivity contribution in [3.05, 3.63) is 11.2 Å². The second-order valence-electron chi connectivity index (χ2n) is 3.88. The number of ether oxygens (including phenoxy) is 1. The third-order valence-electron chi connectivity index (χ3n) is 2.20. The number of nitrogen functional groups attached to an aromatic ring is 1. The average molecular weight is 245 g/mol. The van der Waals surface area contributed by atoms with E-state index in [-0.39, 0.29) is 12.0 Å². The second-order valence-corrected chi connectivity index (χ2v) is 4.27. The van der Waals surface area contributed by atoms with Crippen LogP contribution in [0.15, 0.2) is 6.07 Å². The van der Waals surface area contributed by atoms with Crippen LogP contribution in [0.5, 0.6) is 0 Å². The Balaban J connectivity index is 2.76. The van der Waals surface area contributed by atoms with Crippen molar-refractivity contribution in [2.24, 2.45) is 5.92 Å². The molecule has 0 spiro atoms. The molecule has 0 aliphatic heterocycles. The minimum absolute atomic E-state index is 0.162. The van der Waals surface area contributed by atoms with Crippen molar-refractivity contribution >= 4 is 23.4 Å². The van der Waals surface area contributed by atoms with Gasteiger partial charge in [0, 0.05) is 13.2 Å². The van der Waals surface area contributed by atoms with Gasteiger partial charge in [-0.15, -0.1) is 0 Å². The molecule has 0 radical (unpaired) electrons. The third-order valence-corrected chi connectivity index (χ3v) is 2.39. The summed E-state index contributed by atoms with van der Waals surface area (Å²) >= 11 is 5.79. The van der Waals surface area contributed by atoms with Gasteiger partial charge < -0.3 is 15.8 Å². The molecule has 0 fully saturated rings. The highest BCUT2D eigenvalue weighted by Crippen LogP contribution is 2.15. The molecule has 1 rings (SSSR count). The van der Waals surface area contributed by atoms with Crippen LogP contribution < -0.4 is 11.1 Å². The van der Waals surface area contributed by atoms with E-state index in [4.69, 9.17) is 22.1 Å². The molecule has 1 aromatic heterocycles. The Morgan fingerprint density at radius 2 is 2.19 bits per heavy atom. The molecule has 0 aliphatic rings. The third kappa shape index (κ3) is 3.83. The Labute approximate surface area is 100 Å². The fourth-order valence-electron chi connectivity index (χ4n) is 1.28. The van der Waals surface area contributed by atoms with Crippen LogP contribution in [-0.2, 0) is 4.74 Å². The van der Waals surface area contributed by atoms with Crippen LogP contribution >= 0.6 is 11.6 Å². The summed E-state index contributed by atoms with van der Waals surface area (Å²) in [5.41, 5.74) is 5.51. The number of nitrogens with one attached hydrogen (secondary N) is 1. The van der Waals surface area contributed by atoms with Crippen LogP contribution in [-0.4, -0.2) is 29.7 Å². The van der Waals surface area contributed by atoms with Crippen LogP contribution in [0.3, 0.4) is 0 Å². The van der Waals surface area contributed by atoms with Crippen LogP contribution in [0, 0.1) is 5.92 Å². The largest absolute Gasteiger partial charge is 0.383 e. The van der Waals surface area contributed by atoms with Gasteiger partial charge in [-0.2, -0.15) is 4.98 Å². The molecule has 0 aromatic carbocycles. The van der Waals surface area contributed by atoms with Gasteiger partial charge in [-0.3, -0.25) is 0 Å². The molecule has 0 bridgehead atoms. The van der Waals surface area contributed by atoms with Gasteiger partial charge in [-0.25, -0.2) is 4.98 Å². The Morgan fingerprint density at radius 1 is 1.50 bits per heavy atom. The monoisotopic (exact) mass is 244 g/mol. The summed E-state index contributed by atoms with van der Waals surface area (Å²) in [6.45, 7) is 4.80. The molecular weight excluding hydrogens is 228 g/mol. The number of nitrogens with two attached hydrogens (primary N) is 1. The predicted molar refractivity (Wildman–Crippen MR) is 65.6 cm³/mol. The van der Waals surface area contributed by atoms with E-state index in [2.05, 4.69) is 29.1 Å². The smallest absolute Gasteiger partial charge is 0.223 e. The summed E-state index contributed by atoms with van der Waals surface area (Å²) in [5.74, 6) is 1.19. The zero-order valence-electron chi connectivity index (χ0n) is 9.70. The van der Waals surface area contributed by atoms with Crippen molar-refractivity contribution in [2.75, 3.05) is 24.8 Å². The van der Waals surface area contributed by atoms with E-state index in [1.54, 1.807) is 13.2 Å². The highest BCUT2D eigenvalue weighted by molar-refractivity contribution is 6.29. The molecule has 6 heteroatoms. The van der Waals surface area contributed by atoms with E-state index in [0.717, 1.165) is 0 Å². The van der Waals surface area contributed by atoms with Crippen molar-refractivity contribution in [2.45, 2.75) is 19.9 Å². The first-order chi connectivity index (χ1) is 7.52. The molecule has 0 aliphatic carbocycles. The minimum atomic E-state index is 0.162. The average Bonchev–Trinajstić information content (AvgIpc) is 2.15. The molecular formula is C10H17ClN4O. The van der Waals surface area contributed by atoms with Crippen molar-refractivity contribution in [3.63, 3.8) is 0 Å². The molecule has 16 heavy (non-hydrogen) atoms. The number of aromatic nitrogens is 2. The molecule has 0 amide bonds. The molecule has 0 saturated heterocycles. The van der Waals surface area contributed by atoms with Crippen molar-refractivity contribution < 1.29 is 4.74 Å². The lowest BCUT2D eigenvalue weighted by molar-refractivity contribution is 0.171. The summed E-state index contributed by atoms with van der Waals surface area (Å²) in [4.78, 5) is 7.85. The van der Waals surface area contributed by atoms with Crippen molar-refractivity contribution in [1.29, 1.82) is 0 Å². The first kappa shape index (κ1) is 13.0. The van der Waals surface area contributed by atoms with E-state index >= 15 is 0 Å². The SMILES string of the molecule is COCC(Nc1cc(Cl)nc(N)n1)C(C)C. The topological polar surface area (TPSA) is 73.1 Å². The van der Waals surface area contributed by atoms with E-state index in [1.807, 2.05) is 0 Å². The second kappa shape index (κ2) is 5.86. The Bertz CT molecular complexity index is 325. The molecule has 5 nitrogen and oxygen atoms in total. The fraction of sp³-hybridized carbons (Fsp3) is 0.600. The maximum Gasteiger partial charge on any atom is 0.223 e. The van der Waals surface area contributed by atoms with Gasteiger partial charge in [0.05, 0.1) is 12.6 Å².